The van der Waals surface area contributed by atoms with E-state index in [1.54, 1.807) is 43.3 Å². The third-order valence-corrected chi connectivity index (χ3v) is 8.73. The third-order valence-electron chi connectivity index (χ3n) is 8.31. The van der Waals surface area contributed by atoms with Gasteiger partial charge in [-0.3, -0.25) is 19.4 Å². The lowest BCUT2D eigenvalue weighted by Crippen LogP contribution is -2.47. The molecule has 0 spiro atoms. The Morgan fingerprint density at radius 3 is 2.23 bits per heavy atom. The van der Waals surface area contributed by atoms with Crippen LogP contribution in [0.1, 0.15) is 43.5 Å². The number of rotatable bonds is 14. The van der Waals surface area contributed by atoms with E-state index in [0.717, 1.165) is 51.3 Å². The first-order valence-corrected chi connectivity index (χ1v) is 16.8. The number of hydrogen-bond donors (Lipinski definition) is 1. The molecule has 47 heavy (non-hydrogen) atoms. The Hall–Kier alpha value is -4.48. The first-order chi connectivity index (χ1) is 22.9. The van der Waals surface area contributed by atoms with Crippen molar-refractivity contribution in [2.24, 2.45) is 0 Å². The molecule has 3 aromatic carbocycles. The molecular weight excluding hydrogens is 614 g/mol. The summed E-state index contributed by atoms with van der Waals surface area (Å²) in [6, 6.07) is 23.5. The lowest BCUT2D eigenvalue weighted by Gasteiger charge is -2.36. The van der Waals surface area contributed by atoms with Crippen LogP contribution in [0.5, 0.6) is 5.75 Å². The molecule has 2 aliphatic rings. The molecule has 11 heteroatoms. The van der Waals surface area contributed by atoms with Crippen LogP contribution in [0, 0.1) is 0 Å². The van der Waals surface area contributed by atoms with Gasteiger partial charge in [-0.1, -0.05) is 25.1 Å². The number of ether oxygens (including phenoxy) is 2. The predicted molar refractivity (Wildman–Crippen MR) is 188 cm³/mol. The number of esters is 1. The highest BCUT2D eigenvalue weighted by molar-refractivity contribution is 7.80. The van der Waals surface area contributed by atoms with E-state index in [9.17, 15) is 14.4 Å². The number of benzene rings is 3. The first-order valence-electron chi connectivity index (χ1n) is 16.3. The molecule has 0 aliphatic carbocycles. The lowest BCUT2D eigenvalue weighted by atomic mass is 10.1. The van der Waals surface area contributed by atoms with Gasteiger partial charge in [0.25, 0.3) is 5.91 Å². The number of nitrogens with one attached hydrogen (secondary N) is 1. The molecule has 2 fully saturated rings. The maximum Gasteiger partial charge on any atom is 0.338 e. The Labute approximate surface area is 282 Å². The Kier molecular flexibility index (Phi) is 11.8. The average molecular weight is 658 g/mol. The molecule has 0 bridgehead atoms. The number of carbonyl (C=O) groups is 3. The van der Waals surface area contributed by atoms with Gasteiger partial charge >= 0.3 is 5.97 Å². The van der Waals surface area contributed by atoms with E-state index < -0.39 is 12.0 Å². The number of amides is 2. The number of hydrogen-bond acceptors (Lipinski definition) is 8. The van der Waals surface area contributed by atoms with Crippen molar-refractivity contribution in [3.05, 3.63) is 84.4 Å². The van der Waals surface area contributed by atoms with E-state index in [-0.39, 0.29) is 24.8 Å². The summed E-state index contributed by atoms with van der Waals surface area (Å²) in [5.74, 6) is -0.248. The molecule has 3 aromatic rings. The number of para-hydroxylation sites is 1. The Bertz CT molecular complexity index is 1510. The molecule has 5 rings (SSSR count). The monoisotopic (exact) mass is 657 g/mol. The largest absolute Gasteiger partial charge is 0.494 e. The van der Waals surface area contributed by atoms with E-state index in [1.165, 1.54) is 10.6 Å². The molecule has 2 heterocycles. The smallest absolute Gasteiger partial charge is 0.338 e. The van der Waals surface area contributed by atoms with Crippen LogP contribution in [-0.2, 0) is 14.3 Å². The summed E-state index contributed by atoms with van der Waals surface area (Å²) in [4.78, 5) is 47.5. The minimum atomic E-state index is -0.755. The van der Waals surface area contributed by atoms with E-state index in [1.807, 2.05) is 30.0 Å². The van der Waals surface area contributed by atoms with Crippen molar-refractivity contribution < 1.29 is 23.9 Å². The number of thiocarbonyl (C=S) groups is 1. The van der Waals surface area contributed by atoms with Crippen molar-refractivity contribution in [2.45, 2.75) is 39.2 Å². The molecule has 1 N–H and O–H groups in total. The van der Waals surface area contributed by atoms with Gasteiger partial charge in [-0.2, -0.15) is 0 Å². The fraction of sp³-hybridized carbons (Fsp3) is 0.389. The molecule has 2 saturated heterocycles. The third kappa shape index (κ3) is 8.66. The zero-order valence-corrected chi connectivity index (χ0v) is 27.9. The topological polar surface area (TPSA) is 94.7 Å². The maximum absolute atomic E-state index is 13.9. The molecule has 0 saturated carbocycles. The van der Waals surface area contributed by atoms with Crippen LogP contribution < -0.4 is 19.9 Å². The molecule has 10 nitrogen and oxygen atoms in total. The minimum Gasteiger partial charge on any atom is -0.494 e. The SMILES string of the molecule is CCCOc1ccc(NC(=O)CC2C(=O)N(c3ccc(C(=O)OCC)cc3)C(=S)N2CCCN2CCN(c3ccccc3)CC2)cc1. The van der Waals surface area contributed by atoms with E-state index in [0.29, 0.717) is 35.2 Å². The highest BCUT2D eigenvalue weighted by Crippen LogP contribution is 2.28. The van der Waals surface area contributed by atoms with Crippen LogP contribution >= 0.6 is 12.2 Å². The Morgan fingerprint density at radius 2 is 1.57 bits per heavy atom. The summed E-state index contributed by atoms with van der Waals surface area (Å²) in [5, 5.41) is 3.27. The van der Waals surface area contributed by atoms with Gasteiger partial charge in [-0.25, -0.2) is 4.79 Å². The quantitative estimate of drug-likeness (QED) is 0.186. The van der Waals surface area contributed by atoms with Gasteiger partial charge in [0.1, 0.15) is 11.8 Å². The summed E-state index contributed by atoms with van der Waals surface area (Å²) < 4.78 is 10.7. The zero-order chi connectivity index (χ0) is 33.2. The lowest BCUT2D eigenvalue weighted by molar-refractivity contribution is -0.124. The molecule has 2 amide bonds. The highest BCUT2D eigenvalue weighted by Gasteiger charge is 2.44. The fourth-order valence-corrected chi connectivity index (χ4v) is 6.28. The molecule has 1 atom stereocenters. The molecule has 2 aliphatic heterocycles. The predicted octanol–water partition coefficient (Wildman–Crippen LogP) is 5.20. The average Bonchev–Trinajstić information content (AvgIpc) is 3.32. The highest BCUT2D eigenvalue weighted by atomic mass is 32.1. The first kappa shape index (κ1) is 33.9. The van der Waals surface area contributed by atoms with E-state index in [2.05, 4.69) is 39.4 Å². The van der Waals surface area contributed by atoms with Crippen molar-refractivity contribution in [3.8, 4) is 5.75 Å². The number of anilines is 3. The van der Waals surface area contributed by atoms with E-state index >= 15 is 0 Å². The van der Waals surface area contributed by atoms with Gasteiger partial charge in [-0.15, -0.1) is 0 Å². The van der Waals surface area contributed by atoms with Crippen molar-refractivity contribution >= 4 is 52.2 Å². The van der Waals surface area contributed by atoms with Crippen LogP contribution in [0.25, 0.3) is 0 Å². The van der Waals surface area contributed by atoms with Crippen LogP contribution in [0.2, 0.25) is 0 Å². The Morgan fingerprint density at radius 1 is 0.872 bits per heavy atom. The summed E-state index contributed by atoms with van der Waals surface area (Å²) in [6.45, 7) is 9.88. The molecule has 0 aromatic heterocycles. The van der Waals surface area contributed by atoms with Crippen LogP contribution in [-0.4, -0.2) is 91.2 Å². The number of piperazine rings is 1. The molecular formula is C36H43N5O5S. The van der Waals surface area contributed by atoms with Crippen molar-refractivity contribution in [1.82, 2.24) is 9.80 Å². The van der Waals surface area contributed by atoms with Gasteiger partial charge in [-0.05, 0) is 99.2 Å². The fourth-order valence-electron chi connectivity index (χ4n) is 5.86. The van der Waals surface area contributed by atoms with Crippen molar-refractivity contribution in [2.75, 3.05) is 67.6 Å². The van der Waals surface area contributed by atoms with Gasteiger partial charge in [0.05, 0.1) is 30.9 Å². The summed E-state index contributed by atoms with van der Waals surface area (Å²) in [7, 11) is 0. The summed E-state index contributed by atoms with van der Waals surface area (Å²) in [6.07, 6.45) is 1.63. The second-order valence-electron chi connectivity index (χ2n) is 11.6. The van der Waals surface area contributed by atoms with Gasteiger partial charge in [0.15, 0.2) is 5.11 Å². The van der Waals surface area contributed by atoms with Crippen LogP contribution in [0.3, 0.4) is 0 Å². The summed E-state index contributed by atoms with van der Waals surface area (Å²) >= 11 is 5.87. The van der Waals surface area contributed by atoms with Crippen molar-refractivity contribution in [1.29, 1.82) is 0 Å². The molecule has 0 radical (unpaired) electrons. The van der Waals surface area contributed by atoms with Gasteiger partial charge in [0.2, 0.25) is 5.91 Å². The molecule has 248 valence electrons. The molecule has 1 unspecified atom stereocenters. The standard InChI is InChI=1S/C36H43N5O5S/c1-3-25-46-31-17-13-28(14-18-31)37-33(42)26-32-34(43)41(30-15-11-27(12-16-30)35(44)45-4-2)36(47)40(32)20-8-19-38-21-23-39(24-22-38)29-9-6-5-7-10-29/h5-7,9-18,32H,3-4,8,19-26H2,1-2H3,(H,37,42). The Balaban J connectivity index is 1.24. The van der Waals surface area contributed by atoms with Gasteiger partial charge in [0, 0.05) is 44.1 Å². The number of nitrogens with zero attached hydrogens (tertiary/aromatic N) is 4. The van der Waals surface area contributed by atoms with Crippen LogP contribution in [0.4, 0.5) is 17.1 Å². The van der Waals surface area contributed by atoms with Gasteiger partial charge < -0.3 is 24.6 Å². The number of carbonyl (C=O) groups excluding carboxylic acids is 3. The zero-order valence-electron chi connectivity index (χ0n) is 27.1. The second-order valence-corrected chi connectivity index (χ2v) is 11.9. The minimum absolute atomic E-state index is 0.0553. The van der Waals surface area contributed by atoms with Crippen molar-refractivity contribution in [3.63, 3.8) is 0 Å². The maximum atomic E-state index is 13.9. The van der Waals surface area contributed by atoms with E-state index in [4.69, 9.17) is 21.7 Å². The van der Waals surface area contributed by atoms with Crippen LogP contribution in [0.15, 0.2) is 78.9 Å². The summed E-state index contributed by atoms with van der Waals surface area (Å²) in [5.41, 5.74) is 2.80. The second kappa shape index (κ2) is 16.4. The normalized spacial score (nSPS) is 16.8.